The van der Waals surface area contributed by atoms with Crippen molar-refractivity contribution in [1.29, 1.82) is 0 Å². The second kappa shape index (κ2) is 9.34. The molecular weight excluding hydrogens is 321 g/mol. The summed E-state index contributed by atoms with van der Waals surface area (Å²) in [4.78, 5) is 0. The normalized spacial score (nSPS) is 12.2. The Labute approximate surface area is 156 Å². The van der Waals surface area contributed by atoms with Crippen LogP contribution in [-0.4, -0.2) is 31.8 Å². The summed E-state index contributed by atoms with van der Waals surface area (Å²) < 4.78 is 0. The molecular formula is C22H23BNO2. The van der Waals surface area contributed by atoms with E-state index in [1.54, 1.807) is 0 Å². The fourth-order valence-electron chi connectivity index (χ4n) is 3.04. The van der Waals surface area contributed by atoms with E-state index in [1.807, 2.05) is 91.0 Å². The van der Waals surface area contributed by atoms with E-state index in [1.165, 1.54) is 0 Å². The predicted molar refractivity (Wildman–Crippen MR) is 106 cm³/mol. The number of hydrogen-bond donors (Lipinski definition) is 3. The molecule has 1 unspecified atom stereocenters. The predicted octanol–water partition coefficient (Wildman–Crippen LogP) is 2.86. The van der Waals surface area contributed by atoms with Crippen LogP contribution >= 0.6 is 0 Å². The molecule has 0 heterocycles. The molecule has 0 saturated carbocycles. The summed E-state index contributed by atoms with van der Waals surface area (Å²) in [7, 11) is 0. The van der Waals surface area contributed by atoms with Crippen molar-refractivity contribution >= 4 is 8.41 Å². The standard InChI is InChI=1S/C22H23NO2.B/c24-16-21(18-10-4-1-5-11-18)23-17-22(25,19-12-6-2-7-13-19)20-14-8-3-9-15-20;/h1-15,21,23-25H,16-17H2;. The fraction of sp³-hybridized carbons (Fsp3) is 0.182. The van der Waals surface area contributed by atoms with Crippen LogP contribution in [0.3, 0.4) is 0 Å². The van der Waals surface area contributed by atoms with E-state index in [0.717, 1.165) is 16.7 Å². The third-order valence-corrected chi connectivity index (χ3v) is 4.49. The Morgan fingerprint density at radius 3 is 1.58 bits per heavy atom. The Balaban J connectivity index is 0.00000243. The van der Waals surface area contributed by atoms with Gasteiger partial charge in [0.15, 0.2) is 0 Å². The lowest BCUT2D eigenvalue weighted by atomic mass is 9.86. The van der Waals surface area contributed by atoms with E-state index in [0.29, 0.717) is 6.54 Å². The van der Waals surface area contributed by atoms with Crippen LogP contribution in [0.25, 0.3) is 0 Å². The Morgan fingerprint density at radius 1 is 0.731 bits per heavy atom. The number of nitrogens with one attached hydrogen (secondary N) is 1. The number of rotatable bonds is 7. The molecule has 0 aliphatic rings. The first-order valence-electron chi connectivity index (χ1n) is 8.46. The summed E-state index contributed by atoms with van der Waals surface area (Å²) in [5.74, 6) is 0. The molecule has 3 nitrogen and oxygen atoms in total. The molecule has 0 aliphatic heterocycles. The van der Waals surface area contributed by atoms with Gasteiger partial charge in [0.05, 0.1) is 12.6 Å². The fourth-order valence-corrected chi connectivity index (χ4v) is 3.04. The van der Waals surface area contributed by atoms with E-state index in [2.05, 4.69) is 5.32 Å². The van der Waals surface area contributed by atoms with Gasteiger partial charge in [-0.3, -0.25) is 0 Å². The van der Waals surface area contributed by atoms with E-state index >= 15 is 0 Å². The molecule has 0 aliphatic carbocycles. The molecule has 0 fully saturated rings. The van der Waals surface area contributed by atoms with Crippen LogP contribution in [0, 0.1) is 0 Å². The quantitative estimate of drug-likeness (QED) is 0.578. The molecule has 1 atom stereocenters. The largest absolute Gasteiger partial charge is 0.394 e. The van der Waals surface area contributed by atoms with Gasteiger partial charge in [0.2, 0.25) is 0 Å². The molecule has 3 aromatic rings. The van der Waals surface area contributed by atoms with Crippen molar-refractivity contribution in [3.8, 4) is 0 Å². The van der Waals surface area contributed by atoms with Crippen molar-refractivity contribution in [2.75, 3.05) is 13.2 Å². The number of aliphatic hydroxyl groups is 2. The summed E-state index contributed by atoms with van der Waals surface area (Å²) in [6.07, 6.45) is 0. The van der Waals surface area contributed by atoms with E-state index in [9.17, 15) is 10.2 Å². The van der Waals surface area contributed by atoms with Gasteiger partial charge in [0, 0.05) is 15.0 Å². The van der Waals surface area contributed by atoms with Crippen LogP contribution < -0.4 is 5.32 Å². The van der Waals surface area contributed by atoms with Crippen molar-refractivity contribution in [3.63, 3.8) is 0 Å². The number of hydrogen-bond acceptors (Lipinski definition) is 3. The maximum Gasteiger partial charge on any atom is 0.127 e. The van der Waals surface area contributed by atoms with E-state index in [4.69, 9.17) is 0 Å². The molecule has 0 amide bonds. The monoisotopic (exact) mass is 344 g/mol. The van der Waals surface area contributed by atoms with Gasteiger partial charge in [-0.15, -0.1) is 0 Å². The highest BCUT2D eigenvalue weighted by Crippen LogP contribution is 2.29. The minimum Gasteiger partial charge on any atom is -0.394 e. The van der Waals surface area contributed by atoms with Crippen LogP contribution in [-0.2, 0) is 5.60 Å². The molecule has 3 rings (SSSR count). The summed E-state index contributed by atoms with van der Waals surface area (Å²) in [5.41, 5.74) is 1.45. The zero-order valence-electron chi connectivity index (χ0n) is 14.6. The average Bonchev–Trinajstić information content (AvgIpc) is 2.70. The molecule has 0 aromatic heterocycles. The van der Waals surface area contributed by atoms with Gasteiger partial charge in [0.1, 0.15) is 5.60 Å². The first kappa shape index (κ1) is 19.9. The lowest BCUT2D eigenvalue weighted by molar-refractivity contribution is 0.0728. The Hall–Kier alpha value is -2.40. The number of benzene rings is 3. The van der Waals surface area contributed by atoms with Gasteiger partial charge in [0.25, 0.3) is 0 Å². The molecule has 0 bridgehead atoms. The van der Waals surface area contributed by atoms with Gasteiger partial charge >= 0.3 is 0 Å². The van der Waals surface area contributed by atoms with Crippen molar-refractivity contribution in [2.45, 2.75) is 11.6 Å². The average molecular weight is 344 g/mol. The van der Waals surface area contributed by atoms with Crippen LogP contribution in [0.15, 0.2) is 91.0 Å². The molecule has 131 valence electrons. The Bertz CT molecular complexity index is 726. The minimum absolute atomic E-state index is 0. The van der Waals surface area contributed by atoms with Crippen LogP contribution in [0.4, 0.5) is 0 Å². The zero-order valence-corrected chi connectivity index (χ0v) is 14.6. The van der Waals surface area contributed by atoms with Gasteiger partial charge in [-0.2, -0.15) is 0 Å². The van der Waals surface area contributed by atoms with Crippen LogP contribution in [0.2, 0.25) is 0 Å². The second-order valence-corrected chi connectivity index (χ2v) is 6.12. The Kier molecular flexibility index (Phi) is 7.16. The lowest BCUT2D eigenvalue weighted by Crippen LogP contribution is -2.41. The molecule has 0 spiro atoms. The first-order valence-corrected chi connectivity index (χ1v) is 8.46. The van der Waals surface area contributed by atoms with Gasteiger partial charge in [-0.25, -0.2) is 0 Å². The second-order valence-electron chi connectivity index (χ2n) is 6.12. The maximum atomic E-state index is 11.5. The van der Waals surface area contributed by atoms with Gasteiger partial charge in [-0.1, -0.05) is 91.0 Å². The van der Waals surface area contributed by atoms with Crippen LogP contribution in [0.5, 0.6) is 0 Å². The molecule has 3 radical (unpaired) electrons. The number of aliphatic hydroxyl groups excluding tert-OH is 1. The van der Waals surface area contributed by atoms with Crippen molar-refractivity contribution in [3.05, 3.63) is 108 Å². The molecule has 4 heteroatoms. The van der Waals surface area contributed by atoms with Gasteiger partial charge in [-0.05, 0) is 16.7 Å². The highest BCUT2D eigenvalue weighted by molar-refractivity contribution is 5.75. The summed E-state index contributed by atoms with van der Waals surface area (Å²) in [6, 6.07) is 28.8. The summed E-state index contributed by atoms with van der Waals surface area (Å²) in [5, 5.41) is 24.6. The van der Waals surface area contributed by atoms with E-state index < -0.39 is 5.60 Å². The molecule has 3 aromatic carbocycles. The highest BCUT2D eigenvalue weighted by atomic mass is 16.3. The van der Waals surface area contributed by atoms with E-state index in [-0.39, 0.29) is 21.1 Å². The zero-order chi connectivity index (χ0) is 17.5. The summed E-state index contributed by atoms with van der Waals surface area (Å²) in [6.45, 7) is 0.255. The SMILES string of the molecule is OCC(NCC(O)(c1ccccc1)c1ccccc1)c1ccccc1.[B]. The molecule has 0 saturated heterocycles. The third-order valence-electron chi connectivity index (χ3n) is 4.49. The van der Waals surface area contributed by atoms with Crippen molar-refractivity contribution in [1.82, 2.24) is 5.32 Å². The lowest BCUT2D eigenvalue weighted by Gasteiger charge is -2.31. The van der Waals surface area contributed by atoms with Gasteiger partial charge < -0.3 is 15.5 Å². The third kappa shape index (κ3) is 4.41. The smallest absolute Gasteiger partial charge is 0.127 e. The van der Waals surface area contributed by atoms with Crippen LogP contribution in [0.1, 0.15) is 22.7 Å². The topological polar surface area (TPSA) is 52.5 Å². The molecule has 26 heavy (non-hydrogen) atoms. The Morgan fingerprint density at radius 2 is 1.15 bits per heavy atom. The summed E-state index contributed by atoms with van der Waals surface area (Å²) >= 11 is 0. The van der Waals surface area contributed by atoms with Crippen molar-refractivity contribution in [2.24, 2.45) is 0 Å². The highest BCUT2D eigenvalue weighted by Gasteiger charge is 2.32. The maximum absolute atomic E-state index is 11.5. The minimum atomic E-state index is -1.18. The van der Waals surface area contributed by atoms with Crippen molar-refractivity contribution < 1.29 is 10.2 Å². The first-order chi connectivity index (χ1) is 12.2. The molecule has 3 N–H and O–H groups in total.